The Balaban J connectivity index is 4.24. The van der Waals surface area contributed by atoms with Crippen LogP contribution >= 0.6 is 0 Å². The topological polar surface area (TPSA) is 26.3 Å². The minimum atomic E-state index is -5.60. The van der Waals surface area contributed by atoms with Crippen LogP contribution in [0.15, 0.2) is 0 Å². The van der Waals surface area contributed by atoms with Crippen molar-refractivity contribution in [1.29, 1.82) is 0 Å². The number of carbonyl (C=O) groups excluding carboxylic acids is 1. The second-order valence-corrected chi connectivity index (χ2v) is 2.45. The molecule has 0 aliphatic heterocycles. The largest absolute Gasteiger partial charge is 0.465 e. The summed E-state index contributed by atoms with van der Waals surface area (Å²) in [5, 5.41) is 0. The van der Waals surface area contributed by atoms with Crippen LogP contribution in [0.5, 0.6) is 0 Å². The minimum absolute atomic E-state index is 0.170. The fourth-order valence-electron chi connectivity index (χ4n) is 0.620. The van der Waals surface area contributed by atoms with E-state index in [1.54, 1.807) is 0 Å². The maximum atomic E-state index is 12.2. The maximum Gasteiger partial charge on any atom is 0.453 e. The summed E-state index contributed by atoms with van der Waals surface area (Å²) in [4.78, 5) is 9.60. The molecule has 78 valence electrons. The first kappa shape index (κ1) is 12.1. The van der Waals surface area contributed by atoms with Crippen molar-refractivity contribution in [2.75, 3.05) is 0 Å². The third-order valence-electron chi connectivity index (χ3n) is 1.25. The number of ether oxygens (including phenoxy) is 1. The third-order valence-corrected chi connectivity index (χ3v) is 1.25. The average molecular weight is 206 g/mol. The fourth-order valence-corrected chi connectivity index (χ4v) is 0.620. The molecule has 0 N–H and O–H groups in total. The van der Waals surface area contributed by atoms with Crippen LogP contribution in [0.25, 0.3) is 0 Å². The summed E-state index contributed by atoms with van der Waals surface area (Å²) in [6.45, 7) is 0.783. The average Bonchev–Trinajstić information content (AvgIpc) is 1.83. The molecule has 0 saturated carbocycles. The molecule has 1 unspecified atom stereocenters. The third kappa shape index (κ3) is 3.56. The van der Waals surface area contributed by atoms with Crippen LogP contribution in [0, 0.1) is 0 Å². The highest BCUT2D eigenvalue weighted by Gasteiger charge is 2.57. The minimum Gasteiger partial charge on any atom is -0.465 e. The van der Waals surface area contributed by atoms with Gasteiger partial charge in [0.25, 0.3) is 6.47 Å². The van der Waals surface area contributed by atoms with Gasteiger partial charge >= 0.3 is 12.1 Å². The number of carbonyl (C=O) groups is 1. The Labute approximate surface area is 70.7 Å². The molecule has 13 heavy (non-hydrogen) atoms. The van der Waals surface area contributed by atoms with E-state index in [1.807, 2.05) is 0 Å². The second-order valence-electron chi connectivity index (χ2n) is 2.45. The quantitative estimate of drug-likeness (QED) is 0.520. The molecule has 1 atom stereocenters. The van der Waals surface area contributed by atoms with Gasteiger partial charge in [-0.15, -0.1) is 0 Å². The summed E-state index contributed by atoms with van der Waals surface area (Å²) in [5.74, 6) is -4.82. The molecule has 7 heteroatoms. The molecule has 0 aromatic carbocycles. The maximum absolute atomic E-state index is 12.2. The first-order chi connectivity index (χ1) is 5.70. The van der Waals surface area contributed by atoms with E-state index >= 15 is 0 Å². The van der Waals surface area contributed by atoms with Crippen molar-refractivity contribution in [3.63, 3.8) is 0 Å². The highest BCUT2D eigenvalue weighted by molar-refractivity contribution is 5.37. The normalized spacial score (nSPS) is 15.2. The molecule has 0 aromatic heterocycles. The molecule has 0 rings (SSSR count). The molecule has 0 radical (unpaired) electrons. The van der Waals surface area contributed by atoms with Crippen LogP contribution in [0.3, 0.4) is 0 Å². The van der Waals surface area contributed by atoms with Gasteiger partial charge in [-0.05, 0) is 6.92 Å². The molecule has 0 aromatic rings. The lowest BCUT2D eigenvalue weighted by molar-refractivity contribution is -0.289. The molecular weight excluding hydrogens is 199 g/mol. The van der Waals surface area contributed by atoms with Crippen molar-refractivity contribution in [1.82, 2.24) is 0 Å². The second kappa shape index (κ2) is 3.89. The zero-order valence-corrected chi connectivity index (χ0v) is 6.57. The van der Waals surface area contributed by atoms with Gasteiger partial charge in [-0.3, -0.25) is 4.79 Å². The molecule has 0 heterocycles. The monoisotopic (exact) mass is 206 g/mol. The number of alkyl halides is 5. The van der Waals surface area contributed by atoms with Crippen molar-refractivity contribution in [3.05, 3.63) is 0 Å². The highest BCUT2D eigenvalue weighted by atomic mass is 19.4. The first-order valence-corrected chi connectivity index (χ1v) is 3.24. The number of halogens is 5. The summed E-state index contributed by atoms with van der Waals surface area (Å²) in [7, 11) is 0. The Morgan fingerprint density at radius 3 is 2.08 bits per heavy atom. The van der Waals surface area contributed by atoms with Gasteiger partial charge in [0.05, 0.1) is 6.42 Å². The lowest BCUT2D eigenvalue weighted by Crippen LogP contribution is -2.39. The molecule has 0 fully saturated rings. The zero-order chi connectivity index (χ0) is 10.7. The predicted octanol–water partition coefficient (Wildman–Crippen LogP) is 2.14. The van der Waals surface area contributed by atoms with E-state index in [-0.39, 0.29) is 6.47 Å². The Hall–Kier alpha value is -0.880. The van der Waals surface area contributed by atoms with Gasteiger partial charge in [-0.1, -0.05) is 0 Å². The van der Waals surface area contributed by atoms with Crippen LogP contribution in [0.2, 0.25) is 0 Å². The lowest BCUT2D eigenvalue weighted by atomic mass is 10.1. The molecule has 0 aliphatic rings. The van der Waals surface area contributed by atoms with E-state index in [9.17, 15) is 26.7 Å². The van der Waals surface area contributed by atoms with E-state index in [0.717, 1.165) is 6.92 Å². The summed E-state index contributed by atoms with van der Waals surface area (Å²) < 4.78 is 62.9. The summed E-state index contributed by atoms with van der Waals surface area (Å²) >= 11 is 0. The van der Waals surface area contributed by atoms with Gasteiger partial charge in [0.2, 0.25) is 0 Å². The highest BCUT2D eigenvalue weighted by Crippen LogP contribution is 2.39. The summed E-state index contributed by atoms with van der Waals surface area (Å²) in [6, 6.07) is 0. The molecule has 0 bridgehead atoms. The van der Waals surface area contributed by atoms with Crippen molar-refractivity contribution in [2.24, 2.45) is 0 Å². The van der Waals surface area contributed by atoms with E-state index < -0.39 is 24.6 Å². The van der Waals surface area contributed by atoms with E-state index in [1.165, 1.54) is 0 Å². The molecule has 0 saturated heterocycles. The summed E-state index contributed by atoms with van der Waals surface area (Å²) in [5.41, 5.74) is 0. The Kier molecular flexibility index (Phi) is 3.62. The first-order valence-electron chi connectivity index (χ1n) is 3.24. The molecule has 0 amide bonds. The van der Waals surface area contributed by atoms with Gasteiger partial charge in [-0.25, -0.2) is 0 Å². The Morgan fingerprint density at radius 1 is 1.31 bits per heavy atom. The van der Waals surface area contributed by atoms with Crippen molar-refractivity contribution in [3.8, 4) is 0 Å². The Morgan fingerprint density at radius 2 is 1.77 bits per heavy atom. The molecule has 0 aliphatic carbocycles. The van der Waals surface area contributed by atoms with Crippen LogP contribution in [-0.2, 0) is 9.53 Å². The zero-order valence-electron chi connectivity index (χ0n) is 6.57. The number of hydrogen-bond donors (Lipinski definition) is 0. The van der Waals surface area contributed by atoms with E-state index in [2.05, 4.69) is 4.74 Å². The fraction of sp³-hybridized carbons (Fsp3) is 0.833. The molecule has 0 spiro atoms. The molecule has 2 nitrogen and oxygen atoms in total. The van der Waals surface area contributed by atoms with Crippen molar-refractivity contribution < 1.29 is 31.5 Å². The van der Waals surface area contributed by atoms with Gasteiger partial charge in [-0.2, -0.15) is 22.0 Å². The van der Waals surface area contributed by atoms with Crippen molar-refractivity contribution in [2.45, 2.75) is 31.5 Å². The van der Waals surface area contributed by atoms with Gasteiger partial charge < -0.3 is 4.74 Å². The SMILES string of the molecule is CC(CC(F)(F)C(F)(F)F)OC=O. The smallest absolute Gasteiger partial charge is 0.453 e. The van der Waals surface area contributed by atoms with Crippen LogP contribution in [0.4, 0.5) is 22.0 Å². The van der Waals surface area contributed by atoms with Crippen molar-refractivity contribution >= 4 is 6.47 Å². The van der Waals surface area contributed by atoms with Crippen LogP contribution in [-0.4, -0.2) is 24.7 Å². The van der Waals surface area contributed by atoms with E-state index in [4.69, 9.17) is 0 Å². The Bertz CT molecular complexity index is 176. The standard InChI is InChI=1S/C6H7F5O2/c1-4(13-3-12)2-5(7,8)6(9,10)11/h3-4H,2H2,1H3. The lowest BCUT2D eigenvalue weighted by Gasteiger charge is -2.21. The van der Waals surface area contributed by atoms with Gasteiger partial charge in [0.1, 0.15) is 6.10 Å². The van der Waals surface area contributed by atoms with Crippen LogP contribution in [0.1, 0.15) is 13.3 Å². The van der Waals surface area contributed by atoms with Gasteiger partial charge in [0.15, 0.2) is 0 Å². The van der Waals surface area contributed by atoms with Crippen LogP contribution < -0.4 is 0 Å². The number of rotatable bonds is 4. The molecular formula is C6H7F5O2. The van der Waals surface area contributed by atoms with E-state index in [0.29, 0.717) is 0 Å². The predicted molar refractivity (Wildman–Crippen MR) is 32.2 cm³/mol. The van der Waals surface area contributed by atoms with Gasteiger partial charge in [0, 0.05) is 0 Å². The summed E-state index contributed by atoms with van der Waals surface area (Å²) in [6.07, 6.45) is -8.63. The number of hydrogen-bond acceptors (Lipinski definition) is 2.